The quantitative estimate of drug-likeness (QED) is 0.228. The SMILES string of the molecule is C[C@H](NC(=O)c1cc(C(F)(F)F)cc(C(F)(F)F)c1)c1nccnc1-c1ccc(N=S(C)(=O)Cc2ccccc2)cn1. The van der Waals surface area contributed by atoms with Gasteiger partial charge in [-0.1, -0.05) is 30.3 Å². The van der Waals surface area contributed by atoms with E-state index in [-0.39, 0.29) is 23.2 Å². The van der Waals surface area contributed by atoms with Gasteiger partial charge >= 0.3 is 12.4 Å². The first-order chi connectivity index (χ1) is 19.6. The first kappa shape index (κ1) is 30.6. The predicted octanol–water partition coefficient (Wildman–Crippen LogP) is 7.00. The number of halogens is 6. The minimum absolute atomic E-state index is 0.0544. The van der Waals surface area contributed by atoms with Gasteiger partial charge in [0.15, 0.2) is 0 Å². The molecule has 0 bridgehead atoms. The fraction of sp³-hybridized carbons (Fsp3) is 0.214. The summed E-state index contributed by atoms with van der Waals surface area (Å²) in [6.07, 6.45) is -4.62. The molecule has 0 fully saturated rings. The highest BCUT2D eigenvalue weighted by Gasteiger charge is 2.37. The summed E-state index contributed by atoms with van der Waals surface area (Å²) < 4.78 is 96.8. The Labute approximate surface area is 237 Å². The Kier molecular flexibility index (Phi) is 8.66. The van der Waals surface area contributed by atoms with Crippen molar-refractivity contribution in [3.8, 4) is 11.4 Å². The van der Waals surface area contributed by atoms with E-state index in [1.165, 1.54) is 31.8 Å². The lowest BCUT2D eigenvalue weighted by Gasteiger charge is -2.18. The van der Waals surface area contributed by atoms with Crippen LogP contribution >= 0.6 is 0 Å². The maximum atomic E-state index is 13.2. The van der Waals surface area contributed by atoms with Crippen LogP contribution in [0.3, 0.4) is 0 Å². The highest BCUT2D eigenvalue weighted by Crippen LogP contribution is 2.36. The molecule has 4 rings (SSSR count). The predicted molar refractivity (Wildman–Crippen MR) is 144 cm³/mol. The highest BCUT2D eigenvalue weighted by molar-refractivity contribution is 7.92. The standard InChI is InChI=1S/C28H23F6N5O2S/c1-17(38-26(40)19-12-20(27(29,30)31)14-21(13-19)28(32,33)34)24-25(36-11-10-35-24)23-9-8-22(15-37-23)39-42(2,41)16-18-6-4-3-5-7-18/h3-15,17H,16H2,1-2H3,(H,38,40)/t17-,42?/m0/s1. The zero-order valence-corrected chi connectivity index (χ0v) is 22.9. The molecule has 0 saturated carbocycles. The van der Waals surface area contributed by atoms with Crippen molar-refractivity contribution in [2.24, 2.45) is 4.36 Å². The van der Waals surface area contributed by atoms with Crippen molar-refractivity contribution in [2.45, 2.75) is 31.1 Å². The van der Waals surface area contributed by atoms with Gasteiger partial charge in [0.2, 0.25) is 0 Å². The molecule has 0 aliphatic carbocycles. The first-order valence-electron chi connectivity index (χ1n) is 12.2. The van der Waals surface area contributed by atoms with Crippen molar-refractivity contribution in [1.82, 2.24) is 20.3 Å². The van der Waals surface area contributed by atoms with Crippen molar-refractivity contribution >= 4 is 21.3 Å². The van der Waals surface area contributed by atoms with Crippen molar-refractivity contribution in [2.75, 3.05) is 6.26 Å². The number of pyridine rings is 1. The lowest BCUT2D eigenvalue weighted by molar-refractivity contribution is -0.143. The van der Waals surface area contributed by atoms with Crippen LogP contribution in [0.5, 0.6) is 0 Å². The van der Waals surface area contributed by atoms with Gasteiger partial charge in [-0.15, -0.1) is 0 Å². The smallest absolute Gasteiger partial charge is 0.344 e. The summed E-state index contributed by atoms with van der Waals surface area (Å²) in [4.78, 5) is 25.5. The molecule has 1 N–H and O–H groups in total. The van der Waals surface area contributed by atoms with Gasteiger partial charge in [0.25, 0.3) is 5.91 Å². The molecule has 2 heterocycles. The largest absolute Gasteiger partial charge is 0.416 e. The summed E-state index contributed by atoms with van der Waals surface area (Å²) in [7, 11) is -2.63. The molecule has 1 amide bonds. The number of carbonyl (C=O) groups excluding carboxylic acids is 1. The Hall–Kier alpha value is -4.33. The lowest BCUT2D eigenvalue weighted by Crippen LogP contribution is -2.28. The minimum Gasteiger partial charge on any atom is -0.344 e. The van der Waals surface area contributed by atoms with Crippen LogP contribution in [0.1, 0.15) is 45.7 Å². The van der Waals surface area contributed by atoms with E-state index in [0.29, 0.717) is 23.5 Å². The van der Waals surface area contributed by atoms with Gasteiger partial charge < -0.3 is 5.32 Å². The van der Waals surface area contributed by atoms with Gasteiger partial charge in [-0.25, -0.2) is 4.21 Å². The number of benzene rings is 2. The van der Waals surface area contributed by atoms with Crippen LogP contribution in [0.15, 0.2) is 83.6 Å². The zero-order chi connectivity index (χ0) is 30.7. The monoisotopic (exact) mass is 607 g/mol. The summed E-state index contributed by atoms with van der Waals surface area (Å²) in [5.41, 5.74) is -2.17. The topological polar surface area (TPSA) is 97.2 Å². The molecule has 4 aromatic rings. The van der Waals surface area contributed by atoms with E-state index in [0.717, 1.165) is 5.56 Å². The number of hydrogen-bond acceptors (Lipinski definition) is 6. The van der Waals surface area contributed by atoms with Crippen molar-refractivity contribution < 1.29 is 35.3 Å². The number of hydrogen-bond donors (Lipinski definition) is 1. The van der Waals surface area contributed by atoms with Gasteiger partial charge in [-0.3, -0.25) is 19.7 Å². The number of alkyl halides is 6. The molecule has 220 valence electrons. The number of aromatic nitrogens is 3. The second-order valence-electron chi connectivity index (χ2n) is 9.36. The molecule has 0 saturated heterocycles. The highest BCUT2D eigenvalue weighted by atomic mass is 32.2. The number of carbonyl (C=O) groups is 1. The van der Waals surface area contributed by atoms with Crippen molar-refractivity contribution in [3.63, 3.8) is 0 Å². The molecule has 7 nitrogen and oxygen atoms in total. The van der Waals surface area contributed by atoms with E-state index in [1.54, 1.807) is 12.1 Å². The second-order valence-corrected chi connectivity index (χ2v) is 11.8. The van der Waals surface area contributed by atoms with Gasteiger partial charge in [0.1, 0.15) is 5.69 Å². The molecule has 1 unspecified atom stereocenters. The Balaban J connectivity index is 1.58. The molecule has 0 aliphatic heterocycles. The molecule has 14 heteroatoms. The third-order valence-corrected chi connectivity index (χ3v) is 7.37. The van der Waals surface area contributed by atoms with Crippen LogP contribution in [-0.4, -0.2) is 31.3 Å². The van der Waals surface area contributed by atoms with E-state index < -0.39 is 50.7 Å². The second kappa shape index (κ2) is 11.9. The Bertz CT molecular complexity index is 1670. The molecule has 0 spiro atoms. The average molecular weight is 608 g/mol. The fourth-order valence-electron chi connectivity index (χ4n) is 4.02. The Morgan fingerprint density at radius 3 is 2.10 bits per heavy atom. The molecule has 0 aliphatic rings. The van der Waals surface area contributed by atoms with Gasteiger partial charge in [-0.2, -0.15) is 30.7 Å². The van der Waals surface area contributed by atoms with E-state index in [4.69, 9.17) is 0 Å². The molecule has 2 aromatic heterocycles. The number of nitrogens with zero attached hydrogens (tertiary/aromatic N) is 4. The lowest BCUT2D eigenvalue weighted by atomic mass is 10.0. The summed E-state index contributed by atoms with van der Waals surface area (Å²) in [5.74, 6) is -0.939. The van der Waals surface area contributed by atoms with Crippen LogP contribution in [0.4, 0.5) is 32.0 Å². The maximum Gasteiger partial charge on any atom is 0.416 e. The number of nitrogens with one attached hydrogen (secondary N) is 1. The summed E-state index contributed by atoms with van der Waals surface area (Å²) in [6.45, 7) is 1.45. The summed E-state index contributed by atoms with van der Waals surface area (Å²) in [5, 5.41) is 2.39. The van der Waals surface area contributed by atoms with Gasteiger partial charge in [0.05, 0.1) is 55.9 Å². The maximum absolute atomic E-state index is 13.2. The molecule has 0 radical (unpaired) electrons. The summed E-state index contributed by atoms with van der Waals surface area (Å²) >= 11 is 0. The normalized spacial score (nSPS) is 14.1. The van der Waals surface area contributed by atoms with Crippen molar-refractivity contribution in [3.05, 3.63) is 107 Å². The van der Waals surface area contributed by atoms with Gasteiger partial charge in [-0.05, 0) is 42.8 Å². The Morgan fingerprint density at radius 1 is 0.905 bits per heavy atom. The van der Waals surface area contributed by atoms with Crippen molar-refractivity contribution in [1.29, 1.82) is 0 Å². The van der Waals surface area contributed by atoms with E-state index in [2.05, 4.69) is 24.6 Å². The van der Waals surface area contributed by atoms with Crippen LogP contribution in [0, 0.1) is 0 Å². The summed E-state index contributed by atoms with van der Waals surface area (Å²) in [6, 6.07) is 12.0. The molecule has 2 atom stereocenters. The third-order valence-electron chi connectivity index (χ3n) is 5.90. The zero-order valence-electron chi connectivity index (χ0n) is 22.1. The van der Waals surface area contributed by atoms with E-state index in [1.807, 2.05) is 30.3 Å². The molecule has 42 heavy (non-hydrogen) atoms. The number of amides is 1. The fourth-order valence-corrected chi connectivity index (χ4v) is 5.45. The van der Waals surface area contributed by atoms with Gasteiger partial charge in [0, 0.05) is 24.2 Å². The molecule has 2 aromatic carbocycles. The number of rotatable bonds is 7. The first-order valence-corrected chi connectivity index (χ1v) is 14.3. The van der Waals surface area contributed by atoms with Crippen LogP contribution in [0.2, 0.25) is 0 Å². The van der Waals surface area contributed by atoms with E-state index in [9.17, 15) is 35.3 Å². The van der Waals surface area contributed by atoms with E-state index >= 15 is 0 Å². The average Bonchev–Trinajstić information content (AvgIpc) is 2.92. The minimum atomic E-state index is -5.10. The van der Waals surface area contributed by atoms with Crippen LogP contribution in [0.25, 0.3) is 11.4 Å². The van der Waals surface area contributed by atoms with Crippen LogP contribution < -0.4 is 5.32 Å². The third kappa shape index (κ3) is 7.69. The Morgan fingerprint density at radius 2 is 1.52 bits per heavy atom. The molecular weight excluding hydrogens is 584 g/mol. The molecular formula is C28H23F6N5O2S. The van der Waals surface area contributed by atoms with Crippen LogP contribution in [-0.2, 0) is 27.8 Å².